The van der Waals surface area contributed by atoms with Gasteiger partial charge in [0.2, 0.25) is 5.91 Å². The maximum Gasteiger partial charge on any atom is 0.321 e. The van der Waals surface area contributed by atoms with E-state index in [1.165, 1.54) is 0 Å². The molecule has 1 aliphatic heterocycles. The van der Waals surface area contributed by atoms with Gasteiger partial charge < -0.3 is 5.32 Å². The molecule has 2 aliphatic rings. The van der Waals surface area contributed by atoms with E-state index in [0.717, 1.165) is 25.7 Å². The Morgan fingerprint density at radius 3 is 2.50 bits per heavy atom. The normalized spacial score (nSPS) is 37.9. The van der Waals surface area contributed by atoms with Gasteiger partial charge in [-0.1, -0.05) is 6.92 Å². The van der Waals surface area contributed by atoms with Crippen LogP contribution < -0.4 is 10.6 Å². The zero-order valence-corrected chi connectivity index (χ0v) is 8.43. The number of urea groups is 1. The van der Waals surface area contributed by atoms with Crippen LogP contribution >= 0.6 is 0 Å². The standard InChI is InChI=1S/C10H16N2O2/c1-7-2-4-10(5-3-7)6-11-9(14)12-8(10)13/h7H,2-6H2,1H3,(H2,11,12,13,14). The van der Waals surface area contributed by atoms with Crippen molar-refractivity contribution in [3.05, 3.63) is 0 Å². The van der Waals surface area contributed by atoms with Gasteiger partial charge in [-0.2, -0.15) is 0 Å². The molecule has 1 heterocycles. The Morgan fingerprint density at radius 1 is 1.29 bits per heavy atom. The Bertz CT molecular complexity index is 267. The van der Waals surface area contributed by atoms with Crippen LogP contribution in [0.5, 0.6) is 0 Å². The average Bonchev–Trinajstić information content (AvgIpc) is 2.16. The molecule has 1 aliphatic carbocycles. The van der Waals surface area contributed by atoms with Crippen molar-refractivity contribution >= 4 is 11.9 Å². The minimum atomic E-state index is -0.348. The molecule has 14 heavy (non-hydrogen) atoms. The molecule has 2 rings (SSSR count). The highest BCUT2D eigenvalue weighted by Gasteiger charge is 2.44. The molecule has 0 aromatic rings. The number of hydrogen-bond acceptors (Lipinski definition) is 2. The topological polar surface area (TPSA) is 58.2 Å². The third-order valence-electron chi connectivity index (χ3n) is 3.53. The number of rotatable bonds is 0. The largest absolute Gasteiger partial charge is 0.337 e. The molecule has 3 amide bonds. The minimum Gasteiger partial charge on any atom is -0.337 e. The lowest BCUT2D eigenvalue weighted by Crippen LogP contribution is -2.59. The summed E-state index contributed by atoms with van der Waals surface area (Å²) in [6.07, 6.45) is 3.98. The van der Waals surface area contributed by atoms with E-state index < -0.39 is 0 Å². The molecule has 1 saturated heterocycles. The van der Waals surface area contributed by atoms with Crippen molar-refractivity contribution in [2.45, 2.75) is 32.6 Å². The van der Waals surface area contributed by atoms with Crippen LogP contribution in [0.25, 0.3) is 0 Å². The summed E-state index contributed by atoms with van der Waals surface area (Å²) >= 11 is 0. The summed E-state index contributed by atoms with van der Waals surface area (Å²) in [5, 5.41) is 5.08. The average molecular weight is 196 g/mol. The van der Waals surface area contributed by atoms with Crippen LogP contribution in [-0.4, -0.2) is 18.5 Å². The lowest BCUT2D eigenvalue weighted by atomic mass is 9.69. The number of nitrogens with one attached hydrogen (secondary N) is 2. The third-order valence-corrected chi connectivity index (χ3v) is 3.53. The van der Waals surface area contributed by atoms with Gasteiger partial charge in [0.25, 0.3) is 0 Å². The van der Waals surface area contributed by atoms with Crippen molar-refractivity contribution in [2.75, 3.05) is 6.54 Å². The number of hydrogen-bond donors (Lipinski definition) is 2. The molecule has 0 aromatic carbocycles. The fraction of sp³-hybridized carbons (Fsp3) is 0.800. The first-order valence-electron chi connectivity index (χ1n) is 5.22. The van der Waals surface area contributed by atoms with E-state index in [0.29, 0.717) is 12.5 Å². The monoisotopic (exact) mass is 196 g/mol. The van der Waals surface area contributed by atoms with Crippen LogP contribution in [0.4, 0.5) is 4.79 Å². The summed E-state index contributed by atoms with van der Waals surface area (Å²) in [6.45, 7) is 2.73. The highest BCUT2D eigenvalue weighted by molar-refractivity contribution is 6.00. The molecule has 0 aromatic heterocycles. The molecule has 4 heteroatoms. The predicted octanol–water partition coefficient (Wildman–Crippen LogP) is 1.02. The molecular weight excluding hydrogens is 180 g/mol. The maximum atomic E-state index is 11.7. The SMILES string of the molecule is CC1CCC2(CC1)CNC(=O)NC2=O. The van der Waals surface area contributed by atoms with Crippen molar-refractivity contribution in [3.63, 3.8) is 0 Å². The Balaban J connectivity index is 2.08. The summed E-state index contributed by atoms with van der Waals surface area (Å²) in [4.78, 5) is 22.6. The van der Waals surface area contributed by atoms with Gasteiger partial charge in [0, 0.05) is 6.54 Å². The van der Waals surface area contributed by atoms with Gasteiger partial charge in [-0.25, -0.2) is 4.79 Å². The second-order valence-corrected chi connectivity index (χ2v) is 4.60. The van der Waals surface area contributed by atoms with Gasteiger partial charge in [-0.05, 0) is 31.6 Å². The van der Waals surface area contributed by atoms with Crippen LogP contribution in [0.1, 0.15) is 32.6 Å². The molecular formula is C10H16N2O2. The second-order valence-electron chi connectivity index (χ2n) is 4.60. The summed E-state index contributed by atoms with van der Waals surface area (Å²) in [5.74, 6) is 0.638. The van der Waals surface area contributed by atoms with E-state index >= 15 is 0 Å². The summed E-state index contributed by atoms with van der Waals surface area (Å²) in [7, 11) is 0. The fourth-order valence-corrected chi connectivity index (χ4v) is 2.33. The lowest BCUT2D eigenvalue weighted by molar-refractivity contribution is -0.133. The molecule has 0 unspecified atom stereocenters. The van der Waals surface area contributed by atoms with Crippen LogP contribution in [0.3, 0.4) is 0 Å². The number of imide groups is 1. The number of carbonyl (C=O) groups is 2. The molecule has 1 spiro atoms. The van der Waals surface area contributed by atoms with Gasteiger partial charge >= 0.3 is 6.03 Å². The first kappa shape index (κ1) is 9.49. The minimum absolute atomic E-state index is 0.0758. The summed E-state index contributed by atoms with van der Waals surface area (Å²) < 4.78 is 0. The summed E-state index contributed by atoms with van der Waals surface area (Å²) in [5.41, 5.74) is -0.305. The van der Waals surface area contributed by atoms with Crippen molar-refractivity contribution < 1.29 is 9.59 Å². The summed E-state index contributed by atoms with van der Waals surface area (Å²) in [6, 6.07) is -0.348. The van der Waals surface area contributed by atoms with Crippen LogP contribution in [-0.2, 0) is 4.79 Å². The molecule has 0 radical (unpaired) electrons. The van der Waals surface area contributed by atoms with E-state index in [-0.39, 0.29) is 17.4 Å². The van der Waals surface area contributed by atoms with Crippen molar-refractivity contribution in [1.82, 2.24) is 10.6 Å². The molecule has 2 N–H and O–H groups in total. The molecule has 78 valence electrons. The van der Waals surface area contributed by atoms with Crippen molar-refractivity contribution in [1.29, 1.82) is 0 Å². The quantitative estimate of drug-likeness (QED) is 0.607. The third kappa shape index (κ3) is 1.49. The molecule has 0 bridgehead atoms. The maximum absolute atomic E-state index is 11.7. The first-order chi connectivity index (χ1) is 6.62. The zero-order valence-electron chi connectivity index (χ0n) is 8.43. The molecule has 4 nitrogen and oxygen atoms in total. The second kappa shape index (κ2) is 3.26. The van der Waals surface area contributed by atoms with E-state index in [2.05, 4.69) is 17.6 Å². The van der Waals surface area contributed by atoms with Gasteiger partial charge in [0.05, 0.1) is 5.41 Å². The first-order valence-corrected chi connectivity index (χ1v) is 5.22. The van der Waals surface area contributed by atoms with Crippen molar-refractivity contribution in [2.24, 2.45) is 11.3 Å². The zero-order chi connectivity index (χ0) is 10.2. The lowest BCUT2D eigenvalue weighted by Gasteiger charge is -2.40. The predicted molar refractivity (Wildman–Crippen MR) is 51.6 cm³/mol. The van der Waals surface area contributed by atoms with Gasteiger partial charge in [-0.3, -0.25) is 10.1 Å². The van der Waals surface area contributed by atoms with Crippen LogP contribution in [0.2, 0.25) is 0 Å². The van der Waals surface area contributed by atoms with Crippen molar-refractivity contribution in [3.8, 4) is 0 Å². The van der Waals surface area contributed by atoms with Crippen LogP contribution in [0, 0.1) is 11.3 Å². The number of amides is 3. The van der Waals surface area contributed by atoms with Gasteiger partial charge in [0.15, 0.2) is 0 Å². The Labute approximate surface area is 83.4 Å². The smallest absolute Gasteiger partial charge is 0.321 e. The van der Waals surface area contributed by atoms with Gasteiger partial charge in [0.1, 0.15) is 0 Å². The Hall–Kier alpha value is -1.06. The van der Waals surface area contributed by atoms with Crippen LogP contribution in [0.15, 0.2) is 0 Å². The Morgan fingerprint density at radius 2 is 1.93 bits per heavy atom. The van der Waals surface area contributed by atoms with E-state index in [9.17, 15) is 9.59 Å². The highest BCUT2D eigenvalue weighted by atomic mass is 16.2. The Kier molecular flexibility index (Phi) is 2.21. The fourth-order valence-electron chi connectivity index (χ4n) is 2.33. The molecule has 2 fully saturated rings. The van der Waals surface area contributed by atoms with E-state index in [1.54, 1.807) is 0 Å². The van der Waals surface area contributed by atoms with Gasteiger partial charge in [-0.15, -0.1) is 0 Å². The van der Waals surface area contributed by atoms with E-state index in [4.69, 9.17) is 0 Å². The molecule has 1 saturated carbocycles. The highest BCUT2D eigenvalue weighted by Crippen LogP contribution is 2.39. The molecule has 0 atom stereocenters. The number of carbonyl (C=O) groups excluding carboxylic acids is 2. The van der Waals surface area contributed by atoms with E-state index in [1.807, 2.05) is 0 Å².